The van der Waals surface area contributed by atoms with Crippen molar-refractivity contribution in [2.45, 2.75) is 6.54 Å². The third kappa shape index (κ3) is 3.89. The van der Waals surface area contributed by atoms with Crippen LogP contribution in [0.3, 0.4) is 0 Å². The fraction of sp³-hybridized carbons (Fsp3) is 0.278. The van der Waals surface area contributed by atoms with E-state index in [1.165, 1.54) is 6.07 Å². The van der Waals surface area contributed by atoms with Crippen LogP contribution < -0.4 is 0 Å². The number of hydrogen-bond donors (Lipinski definition) is 0. The Morgan fingerprint density at radius 2 is 1.75 bits per heavy atom. The smallest absolute Gasteiger partial charge is 0.253 e. The zero-order valence-corrected chi connectivity index (χ0v) is 14.5. The summed E-state index contributed by atoms with van der Waals surface area (Å²) in [5.74, 6) is -0.319. The molecule has 2 aromatic rings. The Balaban J connectivity index is 1.61. The maximum absolute atomic E-state index is 13.9. The van der Waals surface area contributed by atoms with Gasteiger partial charge in [-0.05, 0) is 30.3 Å². The van der Waals surface area contributed by atoms with Crippen LogP contribution in [0.4, 0.5) is 4.39 Å². The van der Waals surface area contributed by atoms with Crippen molar-refractivity contribution >= 4 is 29.1 Å². The van der Waals surface area contributed by atoms with Crippen molar-refractivity contribution in [3.8, 4) is 0 Å². The van der Waals surface area contributed by atoms with E-state index in [-0.39, 0.29) is 11.7 Å². The van der Waals surface area contributed by atoms with Gasteiger partial charge >= 0.3 is 0 Å². The lowest BCUT2D eigenvalue weighted by Gasteiger charge is -2.35. The van der Waals surface area contributed by atoms with Crippen molar-refractivity contribution < 1.29 is 9.18 Å². The molecule has 0 aromatic heterocycles. The van der Waals surface area contributed by atoms with Gasteiger partial charge in [0.1, 0.15) is 5.82 Å². The van der Waals surface area contributed by atoms with Gasteiger partial charge in [-0.25, -0.2) is 4.39 Å². The Bertz CT molecular complexity index is 725. The van der Waals surface area contributed by atoms with Crippen molar-refractivity contribution in [2.75, 3.05) is 26.2 Å². The molecular weight excluding hydrogens is 350 g/mol. The van der Waals surface area contributed by atoms with Crippen LogP contribution in [-0.4, -0.2) is 41.9 Å². The van der Waals surface area contributed by atoms with Crippen LogP contribution in [0.5, 0.6) is 0 Å². The topological polar surface area (TPSA) is 23.6 Å². The van der Waals surface area contributed by atoms with Crippen LogP contribution in [0, 0.1) is 5.82 Å². The van der Waals surface area contributed by atoms with Crippen LogP contribution in [0.25, 0.3) is 0 Å². The van der Waals surface area contributed by atoms with Crippen molar-refractivity contribution in [1.29, 1.82) is 0 Å². The fourth-order valence-electron chi connectivity index (χ4n) is 2.82. The first-order valence-electron chi connectivity index (χ1n) is 7.74. The highest BCUT2D eigenvalue weighted by Crippen LogP contribution is 2.22. The molecule has 0 atom stereocenters. The first kappa shape index (κ1) is 17.2. The number of halogens is 3. The minimum absolute atomic E-state index is 0.0268. The van der Waals surface area contributed by atoms with E-state index in [1.807, 2.05) is 0 Å². The van der Waals surface area contributed by atoms with E-state index in [2.05, 4.69) is 4.90 Å². The molecule has 0 spiro atoms. The summed E-state index contributed by atoms with van der Waals surface area (Å²) in [6.07, 6.45) is 0. The molecule has 1 saturated heterocycles. The Morgan fingerprint density at radius 1 is 1.04 bits per heavy atom. The van der Waals surface area contributed by atoms with Gasteiger partial charge in [-0.15, -0.1) is 0 Å². The number of hydrogen-bond acceptors (Lipinski definition) is 2. The molecule has 2 aromatic carbocycles. The Hall–Kier alpha value is -1.62. The van der Waals surface area contributed by atoms with Crippen LogP contribution in [0.15, 0.2) is 42.5 Å². The highest BCUT2D eigenvalue weighted by atomic mass is 35.5. The summed E-state index contributed by atoms with van der Waals surface area (Å²) in [6.45, 7) is 2.99. The summed E-state index contributed by atoms with van der Waals surface area (Å²) in [5.41, 5.74) is 1.10. The minimum atomic E-state index is -0.292. The second kappa shape index (κ2) is 7.51. The first-order chi connectivity index (χ1) is 11.5. The van der Waals surface area contributed by atoms with E-state index in [4.69, 9.17) is 23.2 Å². The maximum Gasteiger partial charge on any atom is 0.253 e. The highest BCUT2D eigenvalue weighted by molar-refractivity contribution is 6.31. The maximum atomic E-state index is 13.9. The molecule has 0 radical (unpaired) electrons. The van der Waals surface area contributed by atoms with Gasteiger partial charge in [0.05, 0.1) is 0 Å². The predicted molar refractivity (Wildman–Crippen MR) is 94.0 cm³/mol. The Kier molecular flexibility index (Phi) is 5.39. The van der Waals surface area contributed by atoms with E-state index in [1.54, 1.807) is 41.3 Å². The molecule has 3 rings (SSSR count). The average molecular weight is 367 g/mol. The summed E-state index contributed by atoms with van der Waals surface area (Å²) in [7, 11) is 0. The van der Waals surface area contributed by atoms with Gasteiger partial charge in [0, 0.05) is 53.9 Å². The lowest BCUT2D eigenvalue weighted by atomic mass is 10.1. The lowest BCUT2D eigenvalue weighted by molar-refractivity contribution is 0.0627. The molecule has 126 valence electrons. The van der Waals surface area contributed by atoms with Crippen LogP contribution >= 0.6 is 23.2 Å². The number of rotatable bonds is 3. The average Bonchev–Trinajstić information content (AvgIpc) is 2.58. The zero-order valence-electron chi connectivity index (χ0n) is 13.0. The molecule has 0 unspecified atom stereocenters. The normalized spacial score (nSPS) is 15.5. The molecule has 6 heteroatoms. The highest BCUT2D eigenvalue weighted by Gasteiger charge is 2.23. The number of nitrogens with zero attached hydrogens (tertiary/aromatic N) is 2. The summed E-state index contributed by atoms with van der Waals surface area (Å²) in [6, 6.07) is 11.7. The number of amides is 1. The molecule has 0 bridgehead atoms. The number of piperazine rings is 1. The molecule has 1 amide bonds. The van der Waals surface area contributed by atoms with Crippen LogP contribution in [0.1, 0.15) is 15.9 Å². The molecule has 1 fully saturated rings. The van der Waals surface area contributed by atoms with Gasteiger partial charge in [-0.3, -0.25) is 9.69 Å². The zero-order chi connectivity index (χ0) is 17.1. The van der Waals surface area contributed by atoms with Gasteiger partial charge in [-0.1, -0.05) is 35.3 Å². The number of carbonyl (C=O) groups is 1. The van der Waals surface area contributed by atoms with Crippen molar-refractivity contribution in [3.63, 3.8) is 0 Å². The molecule has 0 N–H and O–H groups in total. The molecule has 0 aliphatic carbocycles. The van der Waals surface area contributed by atoms with E-state index in [0.717, 1.165) is 0 Å². The molecule has 24 heavy (non-hydrogen) atoms. The summed E-state index contributed by atoms with van der Waals surface area (Å²) >= 11 is 12.0. The largest absolute Gasteiger partial charge is 0.336 e. The van der Waals surface area contributed by atoms with Crippen LogP contribution in [0.2, 0.25) is 10.0 Å². The minimum Gasteiger partial charge on any atom is -0.336 e. The standard InChI is InChI=1S/C18H17Cl2FN2O/c19-14-4-1-3-13(11-14)18(24)23-9-7-22(8-10-23)12-15-16(20)5-2-6-17(15)21/h1-6,11H,7-10,12H2. The molecule has 1 aliphatic heterocycles. The summed E-state index contributed by atoms with van der Waals surface area (Å²) in [4.78, 5) is 16.4. The second-order valence-electron chi connectivity index (χ2n) is 5.78. The van der Waals surface area contributed by atoms with E-state index < -0.39 is 0 Å². The lowest BCUT2D eigenvalue weighted by Crippen LogP contribution is -2.48. The second-order valence-corrected chi connectivity index (χ2v) is 6.62. The summed E-state index contributed by atoms with van der Waals surface area (Å²) in [5, 5.41) is 0.987. The molecular formula is C18H17Cl2FN2O. The monoisotopic (exact) mass is 366 g/mol. The van der Waals surface area contributed by atoms with Crippen molar-refractivity contribution in [1.82, 2.24) is 9.80 Å². The summed E-state index contributed by atoms with van der Waals surface area (Å²) < 4.78 is 13.9. The molecule has 3 nitrogen and oxygen atoms in total. The number of carbonyl (C=O) groups excluding carboxylic acids is 1. The van der Waals surface area contributed by atoms with Gasteiger partial charge in [0.25, 0.3) is 5.91 Å². The van der Waals surface area contributed by atoms with E-state index >= 15 is 0 Å². The SMILES string of the molecule is O=C(c1cccc(Cl)c1)N1CCN(Cc2c(F)cccc2Cl)CC1. The van der Waals surface area contributed by atoms with Gasteiger partial charge in [-0.2, -0.15) is 0 Å². The van der Waals surface area contributed by atoms with Crippen molar-refractivity contribution in [2.24, 2.45) is 0 Å². The van der Waals surface area contributed by atoms with E-state index in [0.29, 0.717) is 53.9 Å². The Labute approximate surface area is 150 Å². The molecule has 1 heterocycles. The van der Waals surface area contributed by atoms with Gasteiger partial charge in [0.15, 0.2) is 0 Å². The molecule has 1 aliphatic rings. The third-order valence-electron chi connectivity index (χ3n) is 4.17. The first-order valence-corrected chi connectivity index (χ1v) is 8.50. The fourth-order valence-corrected chi connectivity index (χ4v) is 3.23. The van der Waals surface area contributed by atoms with E-state index in [9.17, 15) is 9.18 Å². The van der Waals surface area contributed by atoms with Gasteiger partial charge in [0.2, 0.25) is 0 Å². The van der Waals surface area contributed by atoms with Crippen molar-refractivity contribution in [3.05, 3.63) is 69.5 Å². The Morgan fingerprint density at radius 3 is 2.42 bits per heavy atom. The van der Waals surface area contributed by atoms with Crippen LogP contribution in [-0.2, 0) is 6.54 Å². The predicted octanol–water partition coefficient (Wildman–Crippen LogP) is 4.09. The number of benzene rings is 2. The third-order valence-corrected chi connectivity index (χ3v) is 4.76. The quantitative estimate of drug-likeness (QED) is 0.816. The van der Waals surface area contributed by atoms with Gasteiger partial charge < -0.3 is 4.90 Å². The molecule has 0 saturated carbocycles.